The first kappa shape index (κ1) is 12.4. The van der Waals surface area contributed by atoms with Crippen molar-refractivity contribution < 1.29 is 4.79 Å². The van der Waals surface area contributed by atoms with Gasteiger partial charge in [-0.2, -0.15) is 0 Å². The predicted molar refractivity (Wildman–Crippen MR) is 78.4 cm³/mol. The first-order chi connectivity index (χ1) is 9.11. The minimum absolute atomic E-state index is 0.593. The molecule has 0 unspecified atom stereocenters. The predicted octanol–water partition coefficient (Wildman–Crippen LogP) is 4.15. The Labute approximate surface area is 119 Å². The molecule has 19 heavy (non-hydrogen) atoms. The van der Waals surface area contributed by atoms with E-state index in [2.05, 4.69) is 4.98 Å². The molecule has 3 rings (SSSR count). The van der Waals surface area contributed by atoms with Crippen molar-refractivity contribution in [1.29, 1.82) is 0 Å². The summed E-state index contributed by atoms with van der Waals surface area (Å²) in [7, 11) is 0. The molecule has 0 aliphatic carbocycles. The van der Waals surface area contributed by atoms with Crippen LogP contribution < -0.4 is 0 Å². The van der Waals surface area contributed by atoms with Gasteiger partial charge in [-0.1, -0.05) is 17.7 Å². The number of rotatable bonds is 2. The summed E-state index contributed by atoms with van der Waals surface area (Å²) < 4.78 is 1.89. The number of aldehydes is 1. The first-order valence-electron chi connectivity index (χ1n) is 5.80. The molecular formula is C14H11ClN2OS. The number of imidazole rings is 1. The number of thiazole rings is 1. The summed E-state index contributed by atoms with van der Waals surface area (Å²) >= 11 is 7.56. The monoisotopic (exact) mass is 290 g/mol. The number of fused-ring (bicyclic) bond motifs is 1. The van der Waals surface area contributed by atoms with Crippen molar-refractivity contribution in [1.82, 2.24) is 9.38 Å². The Hall–Kier alpha value is -1.65. The Morgan fingerprint density at radius 3 is 2.84 bits per heavy atom. The van der Waals surface area contributed by atoms with Crippen molar-refractivity contribution in [3.05, 3.63) is 45.6 Å². The molecule has 0 aliphatic rings. The Balaban J connectivity index is 2.29. The van der Waals surface area contributed by atoms with Crippen LogP contribution in [0, 0.1) is 13.8 Å². The molecule has 2 aromatic heterocycles. The molecule has 0 spiro atoms. The average Bonchev–Trinajstić information content (AvgIpc) is 2.93. The zero-order valence-corrected chi connectivity index (χ0v) is 12.0. The van der Waals surface area contributed by atoms with Crippen molar-refractivity contribution >= 4 is 34.2 Å². The van der Waals surface area contributed by atoms with Gasteiger partial charge < -0.3 is 0 Å². The van der Waals surface area contributed by atoms with Crippen LogP contribution in [-0.2, 0) is 0 Å². The van der Waals surface area contributed by atoms with Crippen LogP contribution in [0.4, 0.5) is 0 Å². The van der Waals surface area contributed by atoms with E-state index in [9.17, 15) is 4.79 Å². The molecule has 1 aromatic carbocycles. The second-order valence-electron chi connectivity index (χ2n) is 4.42. The Morgan fingerprint density at radius 2 is 2.16 bits per heavy atom. The quantitative estimate of drug-likeness (QED) is 0.665. The third-order valence-electron chi connectivity index (χ3n) is 3.11. The maximum atomic E-state index is 11.4. The smallest absolute Gasteiger partial charge is 0.195 e. The van der Waals surface area contributed by atoms with Gasteiger partial charge in [0, 0.05) is 21.7 Å². The maximum Gasteiger partial charge on any atom is 0.195 e. The lowest BCUT2D eigenvalue weighted by molar-refractivity contribution is 0.111. The second kappa shape index (κ2) is 4.47. The van der Waals surface area contributed by atoms with Crippen LogP contribution in [0.5, 0.6) is 0 Å². The maximum absolute atomic E-state index is 11.4. The van der Waals surface area contributed by atoms with Crippen molar-refractivity contribution in [3.63, 3.8) is 0 Å². The number of nitrogens with zero attached hydrogens (tertiary/aromatic N) is 2. The van der Waals surface area contributed by atoms with Crippen LogP contribution >= 0.6 is 22.9 Å². The van der Waals surface area contributed by atoms with Gasteiger partial charge in [0.2, 0.25) is 0 Å². The molecule has 5 heteroatoms. The van der Waals surface area contributed by atoms with E-state index >= 15 is 0 Å². The Bertz CT molecular complexity index is 788. The van der Waals surface area contributed by atoms with Crippen molar-refractivity contribution in [3.8, 4) is 11.3 Å². The van der Waals surface area contributed by atoms with Gasteiger partial charge in [0.1, 0.15) is 11.4 Å². The van der Waals surface area contributed by atoms with Crippen LogP contribution in [-0.4, -0.2) is 15.7 Å². The summed E-state index contributed by atoms with van der Waals surface area (Å²) in [6.45, 7) is 3.91. The first-order valence-corrected chi connectivity index (χ1v) is 7.06. The van der Waals surface area contributed by atoms with E-state index in [0.717, 1.165) is 28.1 Å². The van der Waals surface area contributed by atoms with Crippen LogP contribution in [0.2, 0.25) is 5.02 Å². The molecule has 0 aliphatic heterocycles. The summed E-state index contributed by atoms with van der Waals surface area (Å²) in [5, 5.41) is 2.71. The lowest BCUT2D eigenvalue weighted by atomic mass is 10.1. The van der Waals surface area contributed by atoms with Gasteiger partial charge in [-0.3, -0.25) is 9.20 Å². The number of aryl methyl sites for hydroxylation is 2. The van der Waals surface area contributed by atoms with Gasteiger partial charge in [0.05, 0.1) is 0 Å². The van der Waals surface area contributed by atoms with E-state index in [-0.39, 0.29) is 0 Å². The van der Waals surface area contributed by atoms with E-state index in [1.165, 1.54) is 11.3 Å². The molecule has 96 valence electrons. The normalized spacial score (nSPS) is 11.1. The number of carbonyl (C=O) groups excluding carboxylic acids is 1. The second-order valence-corrected chi connectivity index (χ2v) is 5.67. The van der Waals surface area contributed by atoms with Gasteiger partial charge in [0.15, 0.2) is 11.2 Å². The average molecular weight is 291 g/mol. The third kappa shape index (κ3) is 1.88. The molecule has 0 amide bonds. The Morgan fingerprint density at radius 1 is 1.37 bits per heavy atom. The van der Waals surface area contributed by atoms with Crippen molar-refractivity contribution in [2.45, 2.75) is 13.8 Å². The lowest BCUT2D eigenvalue weighted by Crippen LogP contribution is -1.93. The fourth-order valence-electron chi connectivity index (χ4n) is 2.14. The van der Waals surface area contributed by atoms with Crippen LogP contribution in [0.1, 0.15) is 21.7 Å². The molecule has 0 saturated heterocycles. The van der Waals surface area contributed by atoms with Crippen molar-refractivity contribution in [2.75, 3.05) is 0 Å². The number of aromatic nitrogens is 2. The highest BCUT2D eigenvalue weighted by Gasteiger charge is 2.16. The molecule has 0 atom stereocenters. The van der Waals surface area contributed by atoms with Gasteiger partial charge >= 0.3 is 0 Å². The minimum Gasteiger partial charge on any atom is -0.296 e. The molecule has 0 N–H and O–H groups in total. The minimum atomic E-state index is 0.593. The van der Waals surface area contributed by atoms with Gasteiger partial charge in [-0.25, -0.2) is 4.98 Å². The van der Waals surface area contributed by atoms with Crippen molar-refractivity contribution in [2.24, 2.45) is 0 Å². The molecule has 3 nitrogen and oxygen atoms in total. The zero-order chi connectivity index (χ0) is 13.6. The summed E-state index contributed by atoms with van der Waals surface area (Å²) in [5.74, 6) is 0. The summed E-state index contributed by atoms with van der Waals surface area (Å²) in [6.07, 6.45) is 0.860. The summed E-state index contributed by atoms with van der Waals surface area (Å²) in [4.78, 5) is 16.8. The molecule has 0 bridgehead atoms. The van der Waals surface area contributed by atoms with Gasteiger partial charge in [-0.15, -0.1) is 11.3 Å². The SMILES string of the molecule is Cc1cc(-c2nc3scc(C)n3c2C=O)ccc1Cl. The van der Waals surface area contributed by atoms with Crippen LogP contribution in [0.25, 0.3) is 16.2 Å². The highest BCUT2D eigenvalue weighted by atomic mass is 35.5. The topological polar surface area (TPSA) is 34.4 Å². The summed E-state index contributed by atoms with van der Waals surface area (Å²) in [5.41, 5.74) is 4.22. The number of hydrogen-bond donors (Lipinski definition) is 0. The van der Waals surface area contributed by atoms with E-state index < -0.39 is 0 Å². The van der Waals surface area contributed by atoms with Gasteiger partial charge in [0.25, 0.3) is 0 Å². The van der Waals surface area contributed by atoms with Crippen LogP contribution in [0.15, 0.2) is 23.6 Å². The molecule has 3 aromatic rings. The van der Waals surface area contributed by atoms with E-state index in [4.69, 9.17) is 11.6 Å². The molecule has 0 radical (unpaired) electrons. The summed E-state index contributed by atoms with van der Waals surface area (Å²) in [6, 6.07) is 5.68. The van der Waals surface area contributed by atoms with E-state index in [1.54, 1.807) is 0 Å². The third-order valence-corrected chi connectivity index (χ3v) is 4.48. The zero-order valence-electron chi connectivity index (χ0n) is 10.5. The fourth-order valence-corrected chi connectivity index (χ4v) is 3.13. The fraction of sp³-hybridized carbons (Fsp3) is 0.143. The van der Waals surface area contributed by atoms with E-state index in [1.807, 2.05) is 41.8 Å². The lowest BCUT2D eigenvalue weighted by Gasteiger charge is -2.02. The van der Waals surface area contributed by atoms with Crippen LogP contribution in [0.3, 0.4) is 0 Å². The van der Waals surface area contributed by atoms with E-state index in [0.29, 0.717) is 16.4 Å². The Kier molecular flexibility index (Phi) is 2.92. The molecule has 0 saturated carbocycles. The number of hydrogen-bond acceptors (Lipinski definition) is 3. The molecular weight excluding hydrogens is 280 g/mol. The number of benzene rings is 1. The van der Waals surface area contributed by atoms with Gasteiger partial charge in [-0.05, 0) is 31.5 Å². The highest BCUT2D eigenvalue weighted by Crippen LogP contribution is 2.29. The molecule has 0 fully saturated rings. The largest absolute Gasteiger partial charge is 0.296 e. The number of halogens is 1. The standard InChI is InChI=1S/C14H11ClN2OS/c1-8-5-10(3-4-11(8)15)13-12(6-18)17-9(2)7-19-14(17)16-13/h3-7H,1-2H3. The number of carbonyl (C=O) groups is 1. The highest BCUT2D eigenvalue weighted by molar-refractivity contribution is 7.15. The molecule has 2 heterocycles.